The molecule has 0 spiro atoms. The third-order valence-corrected chi connectivity index (χ3v) is 7.54. The van der Waals surface area contributed by atoms with Crippen LogP contribution in [0.3, 0.4) is 0 Å². The van der Waals surface area contributed by atoms with Gasteiger partial charge in [-0.25, -0.2) is 8.42 Å². The highest BCUT2D eigenvalue weighted by Gasteiger charge is 2.38. The van der Waals surface area contributed by atoms with Crippen molar-refractivity contribution in [1.29, 1.82) is 0 Å². The van der Waals surface area contributed by atoms with Crippen molar-refractivity contribution >= 4 is 21.6 Å². The molecule has 0 unspecified atom stereocenters. The lowest BCUT2D eigenvalue weighted by molar-refractivity contribution is -0.137. The van der Waals surface area contributed by atoms with Gasteiger partial charge in [-0.1, -0.05) is 30.4 Å². The van der Waals surface area contributed by atoms with Crippen molar-refractivity contribution in [3.63, 3.8) is 0 Å². The average Bonchev–Trinajstić information content (AvgIpc) is 3.61. The quantitative estimate of drug-likeness (QED) is 0.586. The molecule has 1 N–H and O–H groups in total. The number of fused-ring (bicyclic) bond motifs is 1. The van der Waals surface area contributed by atoms with E-state index in [-0.39, 0.29) is 29.0 Å². The predicted molar refractivity (Wildman–Crippen MR) is 122 cm³/mol. The summed E-state index contributed by atoms with van der Waals surface area (Å²) >= 11 is 0. The second-order valence-corrected chi connectivity index (χ2v) is 10.2. The standard InChI is InChI=1S/C25H21F3N2O3S/c26-25(27,28)17-9-11-19(12-10-17)34(32,33)29-22-14-13-20(16-7-8-16)23-21(22)15-30(24(23)31)18-5-3-1-2-4-6-18/h1-3,5-6,9-14,16,29H,4,7-8,15H2. The number of anilines is 1. The Kier molecular flexibility index (Phi) is 5.39. The van der Waals surface area contributed by atoms with E-state index in [1.54, 1.807) is 17.0 Å². The van der Waals surface area contributed by atoms with Crippen molar-refractivity contribution in [2.45, 2.75) is 42.8 Å². The van der Waals surface area contributed by atoms with Crippen LogP contribution in [0.2, 0.25) is 0 Å². The van der Waals surface area contributed by atoms with Gasteiger partial charge >= 0.3 is 6.18 Å². The third-order valence-electron chi connectivity index (χ3n) is 6.16. The smallest absolute Gasteiger partial charge is 0.304 e. The zero-order chi connectivity index (χ0) is 24.1. The lowest BCUT2D eigenvalue weighted by Gasteiger charge is -2.17. The number of alkyl halides is 3. The van der Waals surface area contributed by atoms with E-state index in [1.807, 2.05) is 30.4 Å². The Bertz CT molecular complexity index is 1350. The minimum Gasteiger partial charge on any atom is -0.304 e. The van der Waals surface area contributed by atoms with E-state index >= 15 is 0 Å². The van der Waals surface area contributed by atoms with Gasteiger partial charge in [0.15, 0.2) is 0 Å². The van der Waals surface area contributed by atoms with Gasteiger partial charge in [-0.05, 0) is 67.2 Å². The first-order valence-electron chi connectivity index (χ1n) is 10.9. The van der Waals surface area contributed by atoms with Crippen LogP contribution in [-0.4, -0.2) is 19.2 Å². The van der Waals surface area contributed by atoms with E-state index in [0.29, 0.717) is 17.5 Å². The van der Waals surface area contributed by atoms with Gasteiger partial charge in [-0.15, -0.1) is 0 Å². The van der Waals surface area contributed by atoms with Gasteiger partial charge in [-0.2, -0.15) is 13.2 Å². The molecule has 2 aromatic rings. The number of hydrogen-bond acceptors (Lipinski definition) is 3. The summed E-state index contributed by atoms with van der Waals surface area (Å²) in [6.45, 7) is 0.204. The fraction of sp³-hybridized carbons (Fsp3) is 0.240. The number of allylic oxidation sites excluding steroid dienone is 5. The zero-order valence-corrected chi connectivity index (χ0v) is 18.8. The zero-order valence-electron chi connectivity index (χ0n) is 18.0. The minimum absolute atomic E-state index is 0.176. The van der Waals surface area contributed by atoms with Crippen LogP contribution in [0.5, 0.6) is 0 Å². The number of hydrogen-bond donors (Lipinski definition) is 1. The van der Waals surface area contributed by atoms with Crippen molar-refractivity contribution in [1.82, 2.24) is 4.90 Å². The number of benzene rings is 2. The predicted octanol–water partition coefficient (Wildman–Crippen LogP) is 5.74. The summed E-state index contributed by atoms with van der Waals surface area (Å²) in [5.41, 5.74) is 2.08. The van der Waals surface area contributed by atoms with Crippen LogP contribution in [0.1, 0.15) is 52.2 Å². The monoisotopic (exact) mass is 486 g/mol. The fourth-order valence-electron chi connectivity index (χ4n) is 4.28. The molecule has 1 heterocycles. The minimum atomic E-state index is -4.56. The largest absolute Gasteiger partial charge is 0.416 e. The van der Waals surface area contributed by atoms with Crippen molar-refractivity contribution in [3.05, 3.63) is 94.7 Å². The van der Waals surface area contributed by atoms with Crippen LogP contribution in [0.25, 0.3) is 0 Å². The molecule has 1 aliphatic heterocycles. The molecule has 2 aliphatic carbocycles. The Hall–Kier alpha value is -3.33. The second-order valence-electron chi connectivity index (χ2n) is 8.50. The number of rotatable bonds is 5. The van der Waals surface area contributed by atoms with Crippen molar-refractivity contribution in [3.8, 4) is 0 Å². The van der Waals surface area contributed by atoms with Crippen LogP contribution >= 0.6 is 0 Å². The molecule has 176 valence electrons. The van der Waals surface area contributed by atoms with Gasteiger partial charge in [0, 0.05) is 11.3 Å². The Labute approximate surface area is 195 Å². The molecule has 0 bridgehead atoms. The Morgan fingerprint density at radius 1 is 1.00 bits per heavy atom. The fourth-order valence-corrected chi connectivity index (χ4v) is 5.37. The first-order chi connectivity index (χ1) is 16.1. The summed E-state index contributed by atoms with van der Waals surface area (Å²) in [6.07, 6.45) is 7.56. The van der Waals surface area contributed by atoms with Gasteiger partial charge in [0.1, 0.15) is 0 Å². The Morgan fingerprint density at radius 3 is 2.41 bits per heavy atom. The van der Waals surface area contributed by atoms with Crippen LogP contribution < -0.4 is 4.72 Å². The average molecular weight is 487 g/mol. The van der Waals surface area contributed by atoms with Gasteiger partial charge in [0.25, 0.3) is 15.9 Å². The van der Waals surface area contributed by atoms with Crippen LogP contribution in [0.15, 0.2) is 77.4 Å². The van der Waals surface area contributed by atoms with Crippen LogP contribution in [0.4, 0.5) is 18.9 Å². The first kappa shape index (κ1) is 22.5. The number of sulfonamides is 1. The number of carbonyl (C=O) groups is 1. The molecule has 5 nitrogen and oxygen atoms in total. The van der Waals surface area contributed by atoms with E-state index in [4.69, 9.17) is 0 Å². The molecule has 5 rings (SSSR count). The highest BCUT2D eigenvalue weighted by atomic mass is 32.2. The maximum absolute atomic E-state index is 13.4. The topological polar surface area (TPSA) is 66.5 Å². The SMILES string of the molecule is O=C1c2c(C3CC3)ccc(NS(=O)(=O)c3ccc(C(F)(F)F)cc3)c2CN1C1=CCC=CC=C1. The van der Waals surface area contributed by atoms with Gasteiger partial charge in [-0.3, -0.25) is 9.52 Å². The molecule has 9 heteroatoms. The van der Waals surface area contributed by atoms with Crippen LogP contribution in [0, 0.1) is 0 Å². The van der Waals surface area contributed by atoms with E-state index < -0.39 is 21.8 Å². The number of nitrogens with zero attached hydrogens (tertiary/aromatic N) is 1. The van der Waals surface area contributed by atoms with E-state index in [9.17, 15) is 26.4 Å². The van der Waals surface area contributed by atoms with Crippen LogP contribution in [-0.2, 0) is 22.7 Å². The summed E-state index contributed by atoms with van der Waals surface area (Å²) in [7, 11) is -4.17. The van der Waals surface area contributed by atoms with Crippen molar-refractivity contribution in [2.24, 2.45) is 0 Å². The van der Waals surface area contributed by atoms with Gasteiger partial charge in [0.05, 0.1) is 28.3 Å². The maximum atomic E-state index is 13.4. The summed E-state index contributed by atoms with van der Waals surface area (Å²) in [6, 6.07) is 6.74. The van der Waals surface area contributed by atoms with Gasteiger partial charge in [0.2, 0.25) is 0 Å². The van der Waals surface area contributed by atoms with Gasteiger partial charge < -0.3 is 4.90 Å². The summed E-state index contributed by atoms with van der Waals surface area (Å²) in [5.74, 6) is 0.101. The molecule has 1 amide bonds. The number of halogens is 3. The molecule has 0 radical (unpaired) electrons. The Morgan fingerprint density at radius 2 is 1.74 bits per heavy atom. The molecule has 2 aromatic carbocycles. The van der Waals surface area contributed by atoms with E-state index in [1.165, 1.54) is 0 Å². The number of nitrogens with one attached hydrogen (secondary N) is 1. The normalized spacial score (nSPS) is 18.0. The number of carbonyl (C=O) groups excluding carboxylic acids is 1. The van der Waals surface area contributed by atoms with Crippen molar-refractivity contribution in [2.75, 3.05) is 4.72 Å². The maximum Gasteiger partial charge on any atom is 0.416 e. The summed E-state index contributed by atoms with van der Waals surface area (Å²) in [4.78, 5) is 14.8. The van der Waals surface area contributed by atoms with Crippen molar-refractivity contribution < 1.29 is 26.4 Å². The molecule has 1 saturated carbocycles. The molecule has 1 fully saturated rings. The highest BCUT2D eigenvalue weighted by Crippen LogP contribution is 2.46. The molecule has 0 atom stereocenters. The van der Waals surface area contributed by atoms with E-state index in [0.717, 1.165) is 48.4 Å². The Balaban J connectivity index is 1.50. The third kappa shape index (κ3) is 4.16. The molecule has 0 aromatic heterocycles. The summed E-state index contributed by atoms with van der Waals surface area (Å²) in [5, 5.41) is 0. The second kappa shape index (κ2) is 8.16. The highest BCUT2D eigenvalue weighted by molar-refractivity contribution is 7.92. The molecule has 3 aliphatic rings. The van der Waals surface area contributed by atoms with E-state index in [2.05, 4.69) is 4.72 Å². The lowest BCUT2D eigenvalue weighted by Crippen LogP contribution is -2.22. The first-order valence-corrected chi connectivity index (χ1v) is 12.3. The summed E-state index contributed by atoms with van der Waals surface area (Å²) < 4.78 is 67.0. The lowest BCUT2D eigenvalue weighted by atomic mass is 9.98. The molecule has 34 heavy (non-hydrogen) atoms. The molecule has 0 saturated heterocycles. The number of amides is 1. The molecular weight excluding hydrogens is 465 g/mol. The molecular formula is C25H21F3N2O3S.